The Morgan fingerprint density at radius 3 is 3.06 bits per heavy atom. The van der Waals surface area contributed by atoms with E-state index in [1.54, 1.807) is 17.5 Å². The van der Waals surface area contributed by atoms with E-state index in [-0.39, 0.29) is 0 Å². The maximum Gasteiger partial charge on any atom is 0.237 e. The molecule has 0 unspecified atom stereocenters. The van der Waals surface area contributed by atoms with Gasteiger partial charge in [-0.15, -0.1) is 11.3 Å². The zero-order valence-electron chi connectivity index (χ0n) is 9.93. The van der Waals surface area contributed by atoms with Gasteiger partial charge in [0.25, 0.3) is 0 Å². The first kappa shape index (κ1) is 11.9. The predicted molar refractivity (Wildman–Crippen MR) is 69.6 cm³/mol. The number of hydrogen-bond acceptors (Lipinski definition) is 5. The fourth-order valence-electron chi connectivity index (χ4n) is 1.43. The number of pyridine rings is 1. The molecule has 2 aromatic rings. The van der Waals surface area contributed by atoms with Gasteiger partial charge >= 0.3 is 0 Å². The number of anilines is 1. The first-order valence-electron chi connectivity index (χ1n) is 5.52. The number of aromatic nitrogens is 2. The number of nitrogens with zero attached hydrogens (tertiary/aromatic N) is 2. The van der Waals surface area contributed by atoms with Crippen molar-refractivity contribution in [3.8, 4) is 5.88 Å². The molecule has 2 aromatic heterocycles. The van der Waals surface area contributed by atoms with Crippen molar-refractivity contribution in [2.45, 2.75) is 20.4 Å². The Morgan fingerprint density at radius 1 is 1.47 bits per heavy atom. The summed E-state index contributed by atoms with van der Waals surface area (Å²) in [6, 6.07) is 3.84. The monoisotopic (exact) mass is 249 g/mol. The number of ether oxygens (including phenoxy) is 1. The van der Waals surface area contributed by atoms with Gasteiger partial charge in [0.15, 0.2) is 0 Å². The summed E-state index contributed by atoms with van der Waals surface area (Å²) < 4.78 is 5.44. The lowest BCUT2D eigenvalue weighted by Crippen LogP contribution is -2.03. The fourth-order valence-corrected chi connectivity index (χ4v) is 2.14. The minimum absolute atomic E-state index is 0.613. The van der Waals surface area contributed by atoms with Crippen LogP contribution in [0.5, 0.6) is 5.88 Å². The van der Waals surface area contributed by atoms with E-state index in [4.69, 9.17) is 4.74 Å². The lowest BCUT2D eigenvalue weighted by atomic mass is 10.4. The van der Waals surface area contributed by atoms with Crippen molar-refractivity contribution < 1.29 is 4.74 Å². The van der Waals surface area contributed by atoms with E-state index >= 15 is 0 Å². The molecule has 2 rings (SSSR count). The normalized spacial score (nSPS) is 10.2. The predicted octanol–water partition coefficient (Wildman–Crippen LogP) is 2.86. The number of rotatable bonds is 5. The third kappa shape index (κ3) is 3.17. The number of aryl methyl sites for hydroxylation is 1. The van der Waals surface area contributed by atoms with Crippen molar-refractivity contribution in [3.05, 3.63) is 34.4 Å². The maximum atomic E-state index is 5.44. The van der Waals surface area contributed by atoms with Gasteiger partial charge in [-0.1, -0.05) is 0 Å². The summed E-state index contributed by atoms with van der Waals surface area (Å²) in [6.07, 6.45) is 1.73. The number of thiazole rings is 1. The van der Waals surface area contributed by atoms with E-state index in [2.05, 4.69) is 15.3 Å². The van der Waals surface area contributed by atoms with Crippen molar-refractivity contribution in [3.63, 3.8) is 0 Å². The van der Waals surface area contributed by atoms with Gasteiger partial charge in [-0.2, -0.15) is 0 Å². The Hall–Kier alpha value is -1.62. The molecule has 0 aromatic carbocycles. The molecule has 0 spiro atoms. The molecule has 0 bridgehead atoms. The molecule has 0 amide bonds. The highest BCUT2D eigenvalue weighted by Crippen LogP contribution is 2.21. The Balaban J connectivity index is 2.03. The Kier molecular flexibility index (Phi) is 3.93. The smallest absolute Gasteiger partial charge is 0.237 e. The number of hydrogen-bond donors (Lipinski definition) is 1. The van der Waals surface area contributed by atoms with Crippen LogP contribution in [0.25, 0.3) is 0 Å². The van der Waals surface area contributed by atoms with Gasteiger partial charge in [0, 0.05) is 17.3 Å². The van der Waals surface area contributed by atoms with Gasteiger partial charge in [0.2, 0.25) is 5.88 Å². The molecule has 0 atom stereocenters. The van der Waals surface area contributed by atoms with Crippen LogP contribution in [0.15, 0.2) is 23.7 Å². The summed E-state index contributed by atoms with van der Waals surface area (Å²) in [5.74, 6) is 0.642. The summed E-state index contributed by atoms with van der Waals surface area (Å²) in [6.45, 7) is 5.25. The van der Waals surface area contributed by atoms with E-state index in [9.17, 15) is 0 Å². The Morgan fingerprint density at radius 2 is 2.35 bits per heavy atom. The second kappa shape index (κ2) is 5.63. The van der Waals surface area contributed by atoms with Gasteiger partial charge in [0.05, 0.1) is 18.8 Å². The van der Waals surface area contributed by atoms with Crippen LogP contribution in [0.1, 0.15) is 17.6 Å². The van der Waals surface area contributed by atoms with Crippen LogP contribution in [-0.4, -0.2) is 16.6 Å². The summed E-state index contributed by atoms with van der Waals surface area (Å²) in [4.78, 5) is 8.58. The zero-order valence-corrected chi connectivity index (χ0v) is 10.8. The van der Waals surface area contributed by atoms with Gasteiger partial charge < -0.3 is 10.1 Å². The highest BCUT2D eigenvalue weighted by Gasteiger charge is 2.04. The Bertz CT molecular complexity index is 484. The van der Waals surface area contributed by atoms with Crippen LogP contribution in [0.3, 0.4) is 0 Å². The largest absolute Gasteiger partial charge is 0.476 e. The topological polar surface area (TPSA) is 47.0 Å². The molecule has 0 aliphatic carbocycles. The first-order chi connectivity index (χ1) is 8.29. The standard InChI is InChI=1S/C12H15N3OS/c1-3-16-12-10(5-4-6-13-12)14-7-11-15-9(2)8-17-11/h4-6,8,14H,3,7H2,1-2H3. The molecule has 0 aliphatic heterocycles. The van der Waals surface area contributed by atoms with E-state index in [0.717, 1.165) is 16.4 Å². The van der Waals surface area contributed by atoms with Crippen molar-refractivity contribution in [2.24, 2.45) is 0 Å². The van der Waals surface area contributed by atoms with Gasteiger partial charge in [0.1, 0.15) is 5.01 Å². The first-order valence-corrected chi connectivity index (χ1v) is 6.40. The van der Waals surface area contributed by atoms with Crippen molar-refractivity contribution in [1.29, 1.82) is 0 Å². The van der Waals surface area contributed by atoms with Gasteiger partial charge in [-0.05, 0) is 26.0 Å². The molecule has 0 fully saturated rings. The molecule has 0 radical (unpaired) electrons. The molecule has 5 heteroatoms. The van der Waals surface area contributed by atoms with Crippen molar-refractivity contribution in [2.75, 3.05) is 11.9 Å². The molecule has 1 N–H and O–H groups in total. The molecule has 0 aliphatic rings. The molecule has 0 saturated carbocycles. The minimum atomic E-state index is 0.613. The molecule has 2 heterocycles. The number of nitrogens with one attached hydrogen (secondary N) is 1. The quantitative estimate of drug-likeness (QED) is 0.885. The third-order valence-electron chi connectivity index (χ3n) is 2.15. The van der Waals surface area contributed by atoms with Crippen molar-refractivity contribution >= 4 is 17.0 Å². The van der Waals surface area contributed by atoms with Crippen LogP contribution in [-0.2, 0) is 6.54 Å². The van der Waals surface area contributed by atoms with Crippen molar-refractivity contribution in [1.82, 2.24) is 9.97 Å². The SMILES string of the molecule is CCOc1ncccc1NCc1nc(C)cs1. The van der Waals surface area contributed by atoms with Crippen LogP contribution >= 0.6 is 11.3 Å². The van der Waals surface area contributed by atoms with E-state index in [1.807, 2.05) is 31.4 Å². The van der Waals surface area contributed by atoms with E-state index in [0.29, 0.717) is 19.0 Å². The highest BCUT2D eigenvalue weighted by molar-refractivity contribution is 7.09. The average molecular weight is 249 g/mol. The summed E-state index contributed by atoms with van der Waals surface area (Å²) in [5, 5.41) is 6.40. The van der Waals surface area contributed by atoms with Gasteiger partial charge in [-0.3, -0.25) is 0 Å². The van der Waals surface area contributed by atoms with Crippen LogP contribution < -0.4 is 10.1 Å². The highest BCUT2D eigenvalue weighted by atomic mass is 32.1. The molecule has 90 valence electrons. The molecule has 17 heavy (non-hydrogen) atoms. The lowest BCUT2D eigenvalue weighted by Gasteiger charge is -2.09. The zero-order chi connectivity index (χ0) is 12.1. The molecule has 0 saturated heterocycles. The maximum absolute atomic E-state index is 5.44. The van der Waals surface area contributed by atoms with Crippen LogP contribution in [0, 0.1) is 6.92 Å². The molecule has 4 nitrogen and oxygen atoms in total. The Labute approximate surface area is 105 Å². The van der Waals surface area contributed by atoms with Crippen LogP contribution in [0.4, 0.5) is 5.69 Å². The summed E-state index contributed by atoms with van der Waals surface area (Å²) in [7, 11) is 0. The van der Waals surface area contributed by atoms with E-state index in [1.165, 1.54) is 0 Å². The van der Waals surface area contributed by atoms with E-state index < -0.39 is 0 Å². The fraction of sp³-hybridized carbons (Fsp3) is 0.333. The van der Waals surface area contributed by atoms with Crippen LogP contribution in [0.2, 0.25) is 0 Å². The lowest BCUT2D eigenvalue weighted by molar-refractivity contribution is 0.328. The average Bonchev–Trinajstić information content (AvgIpc) is 2.74. The summed E-state index contributed by atoms with van der Waals surface area (Å²) in [5.41, 5.74) is 1.96. The third-order valence-corrected chi connectivity index (χ3v) is 3.12. The second-order valence-electron chi connectivity index (χ2n) is 3.53. The second-order valence-corrected chi connectivity index (χ2v) is 4.47. The molecular weight excluding hydrogens is 234 g/mol. The minimum Gasteiger partial charge on any atom is -0.476 e. The summed E-state index contributed by atoms with van der Waals surface area (Å²) >= 11 is 1.65. The van der Waals surface area contributed by atoms with Gasteiger partial charge in [-0.25, -0.2) is 9.97 Å². The molecular formula is C12H15N3OS.